The average molecular weight is 304 g/mol. The van der Waals surface area contributed by atoms with E-state index >= 15 is 0 Å². The van der Waals surface area contributed by atoms with E-state index in [1.807, 2.05) is 24.3 Å². The first-order chi connectivity index (χ1) is 10.7. The molecular formula is C19H28O3. The minimum atomic E-state index is -0.390. The molecule has 0 heterocycles. The topological polar surface area (TPSA) is 35.5 Å². The minimum Gasteiger partial charge on any atom is -0.293 e. The smallest absolute Gasteiger partial charge is 0.293 e. The molecule has 1 saturated carbocycles. The first-order valence-electron chi connectivity index (χ1n) is 8.65. The van der Waals surface area contributed by atoms with Crippen molar-refractivity contribution in [1.29, 1.82) is 0 Å². The molecule has 0 saturated heterocycles. The molecule has 0 spiro atoms. The summed E-state index contributed by atoms with van der Waals surface area (Å²) in [7, 11) is 0. The highest BCUT2D eigenvalue weighted by Crippen LogP contribution is 2.25. The van der Waals surface area contributed by atoms with Crippen molar-refractivity contribution in [3.8, 4) is 0 Å². The normalized spacial score (nSPS) is 21.5. The Morgan fingerprint density at radius 3 is 2.41 bits per heavy atom. The zero-order valence-electron chi connectivity index (χ0n) is 13.8. The summed E-state index contributed by atoms with van der Waals surface area (Å²) in [5.74, 6) is 0.370. The first kappa shape index (κ1) is 17.0. The molecule has 1 fully saturated rings. The molecule has 0 aromatic heterocycles. The second-order valence-corrected chi connectivity index (χ2v) is 6.50. The number of carbonyl (C=O) groups is 1. The summed E-state index contributed by atoms with van der Waals surface area (Å²) in [5, 5.41) is 0. The molecule has 0 amide bonds. The van der Waals surface area contributed by atoms with Gasteiger partial charge in [-0.3, -0.25) is 4.89 Å². The third-order valence-electron chi connectivity index (χ3n) is 4.48. The van der Waals surface area contributed by atoms with Gasteiger partial charge in [-0.05, 0) is 62.1 Å². The minimum absolute atomic E-state index is 0.0634. The number of hydrogen-bond donors (Lipinski definition) is 0. The average Bonchev–Trinajstić information content (AvgIpc) is 2.55. The fraction of sp³-hybridized carbons (Fsp3) is 0.632. The lowest BCUT2D eigenvalue weighted by molar-refractivity contribution is -0.280. The molecule has 1 aromatic carbocycles. The quantitative estimate of drug-likeness (QED) is 0.400. The number of benzene rings is 1. The van der Waals surface area contributed by atoms with Gasteiger partial charge in [-0.15, -0.1) is 0 Å². The van der Waals surface area contributed by atoms with E-state index in [-0.39, 0.29) is 6.10 Å². The summed E-state index contributed by atoms with van der Waals surface area (Å²) < 4.78 is 0. The van der Waals surface area contributed by atoms with Gasteiger partial charge in [-0.1, -0.05) is 38.8 Å². The summed E-state index contributed by atoms with van der Waals surface area (Å²) in [6.07, 6.45) is 9.05. The predicted octanol–water partition coefficient (Wildman–Crippen LogP) is 5.09. The van der Waals surface area contributed by atoms with Crippen molar-refractivity contribution in [1.82, 2.24) is 0 Å². The van der Waals surface area contributed by atoms with Crippen LogP contribution in [0.4, 0.5) is 0 Å². The number of rotatable bonds is 7. The predicted molar refractivity (Wildman–Crippen MR) is 87.6 cm³/mol. The molecule has 1 aliphatic carbocycles. The fourth-order valence-corrected chi connectivity index (χ4v) is 2.87. The number of aryl methyl sites for hydroxylation is 1. The van der Waals surface area contributed by atoms with Crippen molar-refractivity contribution < 1.29 is 14.6 Å². The molecule has 0 N–H and O–H groups in total. The van der Waals surface area contributed by atoms with E-state index in [0.29, 0.717) is 5.56 Å². The zero-order valence-corrected chi connectivity index (χ0v) is 13.8. The van der Waals surface area contributed by atoms with Crippen molar-refractivity contribution >= 4 is 5.97 Å². The number of carbonyl (C=O) groups excluding carboxylic acids is 1. The molecule has 3 heteroatoms. The van der Waals surface area contributed by atoms with Crippen LogP contribution in [0.5, 0.6) is 0 Å². The molecule has 0 unspecified atom stereocenters. The maximum Gasteiger partial charge on any atom is 0.373 e. The molecule has 0 radical (unpaired) electrons. The van der Waals surface area contributed by atoms with Crippen LogP contribution in [-0.4, -0.2) is 12.1 Å². The van der Waals surface area contributed by atoms with Crippen molar-refractivity contribution in [3.63, 3.8) is 0 Å². The van der Waals surface area contributed by atoms with Crippen molar-refractivity contribution in [2.24, 2.45) is 5.92 Å². The Labute approximate surface area is 133 Å². The van der Waals surface area contributed by atoms with Gasteiger partial charge in [0, 0.05) is 0 Å². The van der Waals surface area contributed by atoms with Crippen LogP contribution in [0.15, 0.2) is 24.3 Å². The summed E-state index contributed by atoms with van der Waals surface area (Å²) >= 11 is 0. The Morgan fingerprint density at radius 2 is 1.77 bits per heavy atom. The van der Waals surface area contributed by atoms with Gasteiger partial charge < -0.3 is 0 Å². The molecule has 22 heavy (non-hydrogen) atoms. The van der Waals surface area contributed by atoms with Crippen LogP contribution < -0.4 is 0 Å². The van der Waals surface area contributed by atoms with Gasteiger partial charge in [0.15, 0.2) is 0 Å². The summed E-state index contributed by atoms with van der Waals surface area (Å²) in [6.45, 7) is 4.45. The van der Waals surface area contributed by atoms with Gasteiger partial charge in [0.2, 0.25) is 0 Å². The van der Waals surface area contributed by atoms with E-state index in [1.54, 1.807) is 0 Å². The summed E-state index contributed by atoms with van der Waals surface area (Å²) in [5.41, 5.74) is 1.83. The van der Waals surface area contributed by atoms with Crippen molar-refractivity contribution in [2.75, 3.05) is 0 Å². The van der Waals surface area contributed by atoms with Crippen LogP contribution in [0.3, 0.4) is 0 Å². The van der Waals surface area contributed by atoms with Crippen LogP contribution in [0, 0.1) is 5.92 Å². The van der Waals surface area contributed by atoms with E-state index in [2.05, 4.69) is 13.8 Å². The largest absolute Gasteiger partial charge is 0.373 e. The second kappa shape index (κ2) is 8.94. The van der Waals surface area contributed by atoms with Gasteiger partial charge >= 0.3 is 5.97 Å². The lowest BCUT2D eigenvalue weighted by Crippen LogP contribution is -2.22. The monoisotopic (exact) mass is 304 g/mol. The maximum atomic E-state index is 12.0. The third kappa shape index (κ3) is 5.45. The standard InChI is InChI=1S/C19H28O3/c1-3-4-5-6-16-9-11-17(12-10-16)19(20)22-21-18-13-7-15(2)8-14-18/h9-12,15,18H,3-8,13-14H2,1-2H3. The van der Waals surface area contributed by atoms with E-state index in [0.717, 1.165) is 38.0 Å². The van der Waals surface area contributed by atoms with E-state index in [1.165, 1.54) is 24.8 Å². The van der Waals surface area contributed by atoms with Gasteiger partial charge in [0.25, 0.3) is 0 Å². The van der Waals surface area contributed by atoms with E-state index < -0.39 is 5.97 Å². The summed E-state index contributed by atoms with van der Waals surface area (Å²) in [6, 6.07) is 7.68. The number of hydrogen-bond acceptors (Lipinski definition) is 3. The summed E-state index contributed by atoms with van der Waals surface area (Å²) in [4.78, 5) is 22.3. The van der Waals surface area contributed by atoms with Crippen LogP contribution >= 0.6 is 0 Å². The van der Waals surface area contributed by atoms with Crippen LogP contribution in [-0.2, 0) is 16.2 Å². The molecule has 122 valence electrons. The highest BCUT2D eigenvalue weighted by molar-refractivity contribution is 5.88. The molecule has 0 bridgehead atoms. The molecule has 1 aromatic rings. The molecule has 0 atom stereocenters. The van der Waals surface area contributed by atoms with Crippen LogP contribution in [0.2, 0.25) is 0 Å². The van der Waals surface area contributed by atoms with Crippen molar-refractivity contribution in [3.05, 3.63) is 35.4 Å². The lowest BCUT2D eigenvalue weighted by atomic mass is 9.89. The van der Waals surface area contributed by atoms with Gasteiger partial charge in [-0.2, -0.15) is 4.89 Å². The molecule has 0 aliphatic heterocycles. The van der Waals surface area contributed by atoms with Gasteiger partial charge in [0.05, 0.1) is 5.56 Å². The van der Waals surface area contributed by atoms with E-state index in [9.17, 15) is 4.79 Å². The van der Waals surface area contributed by atoms with Gasteiger partial charge in [0.1, 0.15) is 6.10 Å². The Morgan fingerprint density at radius 1 is 1.09 bits per heavy atom. The highest BCUT2D eigenvalue weighted by Gasteiger charge is 2.21. The molecular weight excluding hydrogens is 276 g/mol. The fourth-order valence-electron chi connectivity index (χ4n) is 2.87. The van der Waals surface area contributed by atoms with Crippen LogP contribution in [0.1, 0.15) is 74.7 Å². The first-order valence-corrected chi connectivity index (χ1v) is 8.65. The third-order valence-corrected chi connectivity index (χ3v) is 4.48. The Kier molecular flexibility index (Phi) is 6.91. The number of unbranched alkanes of at least 4 members (excludes halogenated alkanes) is 2. The Bertz CT molecular complexity index is 444. The lowest BCUT2D eigenvalue weighted by Gasteiger charge is -2.24. The Balaban J connectivity index is 1.75. The molecule has 1 aliphatic rings. The maximum absolute atomic E-state index is 12.0. The molecule has 3 nitrogen and oxygen atoms in total. The van der Waals surface area contributed by atoms with Gasteiger partial charge in [-0.25, -0.2) is 4.79 Å². The SMILES string of the molecule is CCCCCc1ccc(C(=O)OOC2CCC(C)CC2)cc1. The van der Waals surface area contributed by atoms with Crippen molar-refractivity contribution in [2.45, 2.75) is 71.3 Å². The second-order valence-electron chi connectivity index (χ2n) is 6.50. The highest BCUT2D eigenvalue weighted by atomic mass is 17.2. The zero-order chi connectivity index (χ0) is 15.8. The van der Waals surface area contributed by atoms with E-state index in [4.69, 9.17) is 9.78 Å². The molecule has 2 rings (SSSR count). The van der Waals surface area contributed by atoms with Crippen LogP contribution in [0.25, 0.3) is 0 Å². The Hall–Kier alpha value is -1.35.